The largest absolute Gasteiger partial charge is 0.369 e. The lowest BCUT2D eigenvalue weighted by atomic mass is 10.0. The predicted molar refractivity (Wildman–Crippen MR) is 108 cm³/mol. The Bertz CT molecular complexity index is 1080. The summed E-state index contributed by atoms with van der Waals surface area (Å²) in [6.07, 6.45) is 0. The summed E-state index contributed by atoms with van der Waals surface area (Å²) in [6.45, 7) is 3.34. The second-order valence-corrected chi connectivity index (χ2v) is 9.06. The van der Waals surface area contributed by atoms with Gasteiger partial charge in [-0.15, -0.1) is 0 Å². The fraction of sp³-hybridized carbons (Fsp3) is 0.316. The first-order valence-electron chi connectivity index (χ1n) is 9.22. The quantitative estimate of drug-likeness (QED) is 0.604. The number of carbonyl (C=O) groups excluding carboxylic acids is 1. The Morgan fingerprint density at radius 3 is 2.34 bits per heavy atom. The number of benzene rings is 2. The molecule has 2 aliphatic heterocycles. The third kappa shape index (κ3) is 3.45. The first kappa shape index (κ1) is 19.3. The van der Waals surface area contributed by atoms with Crippen molar-refractivity contribution in [1.29, 1.82) is 0 Å². The van der Waals surface area contributed by atoms with E-state index in [4.69, 9.17) is 0 Å². The molecule has 29 heavy (non-hydrogen) atoms. The van der Waals surface area contributed by atoms with Crippen LogP contribution in [0.3, 0.4) is 0 Å². The highest BCUT2D eigenvalue weighted by molar-refractivity contribution is 7.89. The van der Waals surface area contributed by atoms with Crippen molar-refractivity contribution in [1.82, 2.24) is 4.31 Å². The monoisotopic (exact) mass is 416 g/mol. The average molecular weight is 416 g/mol. The first-order valence-corrected chi connectivity index (χ1v) is 10.7. The molecule has 0 radical (unpaired) electrons. The van der Waals surface area contributed by atoms with Crippen LogP contribution in [0.1, 0.15) is 18.4 Å². The van der Waals surface area contributed by atoms with Gasteiger partial charge in [0.1, 0.15) is 0 Å². The molecule has 1 saturated heterocycles. The second kappa shape index (κ2) is 7.12. The minimum absolute atomic E-state index is 0.0220. The molecule has 10 heteroatoms. The molecule has 1 N–H and O–H groups in total. The van der Waals surface area contributed by atoms with Gasteiger partial charge in [-0.1, -0.05) is 0 Å². The van der Waals surface area contributed by atoms with Crippen molar-refractivity contribution >= 4 is 33.0 Å². The highest BCUT2D eigenvalue weighted by Crippen LogP contribution is 2.34. The van der Waals surface area contributed by atoms with E-state index in [0.717, 1.165) is 5.69 Å². The third-order valence-corrected chi connectivity index (χ3v) is 7.34. The van der Waals surface area contributed by atoms with Crippen LogP contribution in [0.15, 0.2) is 47.4 Å². The van der Waals surface area contributed by atoms with Crippen molar-refractivity contribution in [2.75, 3.05) is 36.4 Å². The predicted octanol–water partition coefficient (Wildman–Crippen LogP) is 2.16. The van der Waals surface area contributed by atoms with Crippen LogP contribution in [0, 0.1) is 10.1 Å². The zero-order valence-corrected chi connectivity index (χ0v) is 16.6. The minimum Gasteiger partial charge on any atom is -0.369 e. The topological polar surface area (TPSA) is 113 Å². The van der Waals surface area contributed by atoms with E-state index < -0.39 is 14.9 Å². The Labute approximate surface area is 168 Å². The molecular weight excluding hydrogens is 396 g/mol. The van der Waals surface area contributed by atoms with Crippen LogP contribution in [0.5, 0.6) is 0 Å². The lowest BCUT2D eigenvalue weighted by Crippen LogP contribution is -2.48. The number of fused-ring (bicyclic) bond motifs is 1. The average Bonchev–Trinajstić information content (AvgIpc) is 3.01. The summed E-state index contributed by atoms with van der Waals surface area (Å²) < 4.78 is 27.6. The Hall–Kier alpha value is -2.98. The zero-order chi connectivity index (χ0) is 20.8. The number of nitrogens with one attached hydrogen (secondary N) is 1. The van der Waals surface area contributed by atoms with E-state index in [1.165, 1.54) is 22.5 Å². The number of amides is 1. The number of carbonyl (C=O) groups is 1. The lowest BCUT2D eigenvalue weighted by Gasteiger charge is -2.35. The number of nitrogens with zero attached hydrogens (tertiary/aromatic N) is 3. The number of non-ortho nitro benzene ring substituents is 1. The van der Waals surface area contributed by atoms with E-state index >= 15 is 0 Å². The standard InChI is InChI=1S/C19H20N4O5S/c1-13-17-12-16(6-7-18(17)20-19(13)24)29(27,28)22-10-8-21(9-11-22)14-2-4-15(5-3-14)23(25)26/h2-7,12-13H,8-11H2,1H3,(H,20,24)/t13-/m1/s1. The zero-order valence-electron chi connectivity index (χ0n) is 15.7. The number of rotatable bonds is 4. The lowest BCUT2D eigenvalue weighted by molar-refractivity contribution is -0.384. The Balaban J connectivity index is 1.48. The molecule has 1 fully saturated rings. The van der Waals surface area contributed by atoms with Gasteiger partial charge < -0.3 is 10.2 Å². The minimum atomic E-state index is -3.67. The molecule has 1 amide bonds. The maximum absolute atomic E-state index is 13.1. The summed E-state index contributed by atoms with van der Waals surface area (Å²) in [6, 6.07) is 11.0. The highest BCUT2D eigenvalue weighted by atomic mass is 32.2. The number of hydrogen-bond acceptors (Lipinski definition) is 6. The van der Waals surface area contributed by atoms with Crippen molar-refractivity contribution in [3.05, 3.63) is 58.1 Å². The van der Waals surface area contributed by atoms with Gasteiger partial charge in [-0.3, -0.25) is 14.9 Å². The van der Waals surface area contributed by atoms with E-state index in [1.807, 2.05) is 4.90 Å². The van der Waals surface area contributed by atoms with E-state index in [9.17, 15) is 23.3 Å². The third-order valence-electron chi connectivity index (χ3n) is 5.44. The fourth-order valence-electron chi connectivity index (χ4n) is 3.68. The van der Waals surface area contributed by atoms with Crippen LogP contribution in [0.25, 0.3) is 0 Å². The molecular formula is C19H20N4O5S. The van der Waals surface area contributed by atoms with E-state index in [1.54, 1.807) is 31.2 Å². The summed E-state index contributed by atoms with van der Waals surface area (Å²) in [5, 5.41) is 13.5. The highest BCUT2D eigenvalue weighted by Gasteiger charge is 2.32. The number of piperazine rings is 1. The van der Waals surface area contributed by atoms with Gasteiger partial charge in [0.05, 0.1) is 15.7 Å². The van der Waals surface area contributed by atoms with Crippen LogP contribution < -0.4 is 10.2 Å². The molecule has 0 aliphatic carbocycles. The fourth-order valence-corrected chi connectivity index (χ4v) is 5.13. The van der Waals surface area contributed by atoms with Crippen LogP contribution in [-0.2, 0) is 14.8 Å². The Morgan fingerprint density at radius 2 is 1.72 bits per heavy atom. The van der Waals surface area contributed by atoms with Crippen LogP contribution in [0.2, 0.25) is 0 Å². The van der Waals surface area contributed by atoms with Gasteiger partial charge in [-0.25, -0.2) is 8.42 Å². The molecule has 152 valence electrons. The van der Waals surface area contributed by atoms with Gasteiger partial charge in [-0.2, -0.15) is 4.31 Å². The first-order chi connectivity index (χ1) is 13.8. The number of sulfonamides is 1. The molecule has 2 aromatic carbocycles. The van der Waals surface area contributed by atoms with Crippen molar-refractivity contribution in [2.24, 2.45) is 0 Å². The summed E-state index contributed by atoms with van der Waals surface area (Å²) in [5.74, 6) is -0.509. The van der Waals surface area contributed by atoms with E-state index in [2.05, 4.69) is 5.32 Å². The number of hydrogen-bond donors (Lipinski definition) is 1. The molecule has 0 saturated carbocycles. The molecule has 0 aromatic heterocycles. The van der Waals surface area contributed by atoms with Crippen LogP contribution in [-0.4, -0.2) is 49.7 Å². The number of nitro groups is 1. The van der Waals surface area contributed by atoms with Crippen molar-refractivity contribution in [2.45, 2.75) is 17.7 Å². The molecule has 0 spiro atoms. The summed E-state index contributed by atoms with van der Waals surface area (Å²) in [4.78, 5) is 24.3. The summed E-state index contributed by atoms with van der Waals surface area (Å²) in [5.41, 5.74) is 2.20. The Kier molecular flexibility index (Phi) is 4.75. The molecule has 1 atom stereocenters. The van der Waals surface area contributed by atoms with Gasteiger partial charge in [0.2, 0.25) is 15.9 Å². The van der Waals surface area contributed by atoms with Crippen LogP contribution in [0.4, 0.5) is 17.1 Å². The number of anilines is 2. The van der Waals surface area contributed by atoms with Gasteiger partial charge >= 0.3 is 0 Å². The summed E-state index contributed by atoms with van der Waals surface area (Å²) >= 11 is 0. The molecule has 2 heterocycles. The molecule has 9 nitrogen and oxygen atoms in total. The van der Waals surface area contributed by atoms with Gasteiger partial charge in [-0.05, 0) is 42.8 Å². The molecule has 2 aliphatic rings. The van der Waals surface area contributed by atoms with E-state index in [-0.39, 0.29) is 22.4 Å². The van der Waals surface area contributed by atoms with Crippen molar-refractivity contribution < 1.29 is 18.1 Å². The smallest absolute Gasteiger partial charge is 0.269 e. The number of nitro benzene ring substituents is 1. The van der Waals surface area contributed by atoms with Crippen LogP contribution >= 0.6 is 0 Å². The maximum atomic E-state index is 13.1. The molecule has 4 rings (SSSR count). The molecule has 0 unspecified atom stereocenters. The molecule has 0 bridgehead atoms. The van der Waals surface area contributed by atoms with Crippen molar-refractivity contribution in [3.8, 4) is 0 Å². The van der Waals surface area contributed by atoms with E-state index in [0.29, 0.717) is 37.4 Å². The molecule has 2 aromatic rings. The SMILES string of the molecule is C[C@H]1C(=O)Nc2ccc(S(=O)(=O)N3CCN(c4ccc([N+](=O)[O-])cc4)CC3)cc21. The van der Waals surface area contributed by atoms with Crippen molar-refractivity contribution in [3.63, 3.8) is 0 Å². The van der Waals surface area contributed by atoms with Gasteiger partial charge in [0.15, 0.2) is 0 Å². The normalized spacial score (nSPS) is 19.7. The van der Waals surface area contributed by atoms with Gasteiger partial charge in [0.25, 0.3) is 5.69 Å². The summed E-state index contributed by atoms with van der Waals surface area (Å²) in [7, 11) is -3.67. The Morgan fingerprint density at radius 1 is 1.07 bits per heavy atom. The maximum Gasteiger partial charge on any atom is 0.269 e. The second-order valence-electron chi connectivity index (χ2n) is 7.12. The van der Waals surface area contributed by atoms with Gasteiger partial charge in [0, 0.05) is 49.7 Å².